The zero-order valence-corrected chi connectivity index (χ0v) is 13.8. The molecular weight excluding hydrogens is 278 g/mol. The Balaban J connectivity index is 2.41. The van der Waals surface area contributed by atoms with Crippen LogP contribution < -0.4 is 0 Å². The van der Waals surface area contributed by atoms with Gasteiger partial charge >= 0.3 is 5.97 Å². The molecule has 0 aromatic carbocycles. The van der Waals surface area contributed by atoms with Crippen LogP contribution in [0.4, 0.5) is 0 Å². The lowest BCUT2D eigenvalue weighted by Crippen LogP contribution is -2.17. The molecule has 1 rings (SSSR count). The molecule has 0 saturated carbocycles. The highest BCUT2D eigenvalue weighted by Gasteiger charge is 2.19. The highest BCUT2D eigenvalue weighted by molar-refractivity contribution is 5.71. The smallest absolute Gasteiger partial charge is 0.308 e. The fraction of sp³-hybridized carbons (Fsp3) is 0.667. The molecule has 1 aromatic rings. The Morgan fingerprint density at radius 3 is 2.73 bits per heavy atom. The van der Waals surface area contributed by atoms with E-state index < -0.39 is 0 Å². The van der Waals surface area contributed by atoms with Crippen LogP contribution in [0.2, 0.25) is 0 Å². The van der Waals surface area contributed by atoms with E-state index in [9.17, 15) is 4.79 Å². The summed E-state index contributed by atoms with van der Waals surface area (Å²) in [6.45, 7) is 2.18. The maximum atomic E-state index is 11.6. The van der Waals surface area contributed by atoms with Crippen LogP contribution in [0.1, 0.15) is 51.0 Å². The van der Waals surface area contributed by atoms with E-state index >= 15 is 0 Å². The van der Waals surface area contributed by atoms with Gasteiger partial charge in [0.15, 0.2) is 0 Å². The number of aryl methyl sites for hydroxylation is 1. The molecule has 0 bridgehead atoms. The minimum absolute atomic E-state index is 0.0532. The molecule has 0 amide bonds. The van der Waals surface area contributed by atoms with Crippen LogP contribution in [0.15, 0.2) is 24.5 Å². The quantitative estimate of drug-likeness (QED) is 0.503. The number of pyridine rings is 1. The topological polar surface area (TPSA) is 59.4 Å². The van der Waals surface area contributed by atoms with Crippen LogP contribution in [0.5, 0.6) is 0 Å². The Bertz CT molecular complexity index is 408. The highest BCUT2D eigenvalue weighted by Crippen LogP contribution is 2.24. The van der Waals surface area contributed by atoms with Crippen molar-refractivity contribution in [2.24, 2.45) is 11.8 Å². The summed E-state index contributed by atoms with van der Waals surface area (Å²) in [5, 5.41) is 8.93. The molecule has 1 heterocycles. The van der Waals surface area contributed by atoms with Gasteiger partial charge in [0.25, 0.3) is 0 Å². The lowest BCUT2D eigenvalue weighted by Gasteiger charge is -2.20. The number of aliphatic hydroxyl groups is 1. The fourth-order valence-corrected chi connectivity index (χ4v) is 2.86. The molecule has 0 radical (unpaired) electrons. The first kappa shape index (κ1) is 18.6. The van der Waals surface area contributed by atoms with Gasteiger partial charge in [0.05, 0.1) is 13.0 Å². The molecule has 0 unspecified atom stereocenters. The first-order valence-electron chi connectivity index (χ1n) is 8.25. The second kappa shape index (κ2) is 11.2. The number of carbonyl (C=O) groups excluding carboxylic acids is 1. The monoisotopic (exact) mass is 307 g/mol. The van der Waals surface area contributed by atoms with E-state index in [-0.39, 0.29) is 18.5 Å². The van der Waals surface area contributed by atoms with Gasteiger partial charge in [-0.1, -0.05) is 32.3 Å². The summed E-state index contributed by atoms with van der Waals surface area (Å²) in [4.78, 5) is 15.7. The van der Waals surface area contributed by atoms with Crippen molar-refractivity contribution in [3.8, 4) is 0 Å². The summed E-state index contributed by atoms with van der Waals surface area (Å²) in [6.07, 6.45) is 10.7. The second-order valence-electron chi connectivity index (χ2n) is 6.00. The minimum atomic E-state index is -0.126. The molecule has 1 N–H and O–H groups in total. The van der Waals surface area contributed by atoms with Gasteiger partial charge < -0.3 is 9.84 Å². The third kappa shape index (κ3) is 7.55. The largest absolute Gasteiger partial charge is 0.469 e. The van der Waals surface area contributed by atoms with E-state index in [1.165, 1.54) is 12.7 Å². The van der Waals surface area contributed by atoms with E-state index in [4.69, 9.17) is 9.84 Å². The van der Waals surface area contributed by atoms with Gasteiger partial charge in [-0.05, 0) is 43.2 Å². The van der Waals surface area contributed by atoms with Crippen molar-refractivity contribution in [1.82, 2.24) is 4.98 Å². The average Bonchev–Trinajstić information content (AvgIpc) is 2.55. The predicted molar refractivity (Wildman–Crippen MR) is 87.4 cm³/mol. The standard InChI is InChI=1S/C18H29NO3/c1-15(18(21)22-2)13-16(7-3-4-12-20)8-5-9-17-10-6-11-19-14-17/h6,10-11,14-16,20H,3-5,7-9,12-13H2,1-2H3/t15-,16+/m0/s1. The summed E-state index contributed by atoms with van der Waals surface area (Å²) in [5.41, 5.74) is 1.26. The molecule has 0 aliphatic rings. The normalized spacial score (nSPS) is 13.6. The zero-order chi connectivity index (χ0) is 16.2. The Morgan fingerprint density at radius 1 is 1.32 bits per heavy atom. The lowest BCUT2D eigenvalue weighted by molar-refractivity contribution is -0.145. The summed E-state index contributed by atoms with van der Waals surface area (Å²) in [6, 6.07) is 4.07. The highest BCUT2D eigenvalue weighted by atomic mass is 16.5. The van der Waals surface area contributed by atoms with Crippen LogP contribution in [0, 0.1) is 11.8 Å². The number of aliphatic hydroxyl groups excluding tert-OH is 1. The number of aromatic nitrogens is 1. The first-order chi connectivity index (χ1) is 10.7. The van der Waals surface area contributed by atoms with E-state index in [0.717, 1.165) is 44.9 Å². The third-order valence-electron chi connectivity index (χ3n) is 4.11. The molecule has 0 fully saturated rings. The zero-order valence-electron chi connectivity index (χ0n) is 13.8. The number of rotatable bonds is 11. The van der Waals surface area contributed by atoms with Crippen molar-refractivity contribution in [1.29, 1.82) is 0 Å². The van der Waals surface area contributed by atoms with Gasteiger partial charge in [-0.2, -0.15) is 0 Å². The summed E-state index contributed by atoms with van der Waals surface area (Å²) < 4.78 is 4.83. The summed E-state index contributed by atoms with van der Waals surface area (Å²) in [5.74, 6) is 0.333. The van der Waals surface area contributed by atoms with E-state index in [1.807, 2.05) is 19.2 Å². The number of carbonyl (C=O) groups is 1. The molecule has 0 saturated heterocycles. The van der Waals surface area contributed by atoms with Crippen LogP contribution in [0.3, 0.4) is 0 Å². The minimum Gasteiger partial charge on any atom is -0.469 e. The number of hydrogen-bond acceptors (Lipinski definition) is 4. The van der Waals surface area contributed by atoms with Crippen LogP contribution in [0.25, 0.3) is 0 Å². The summed E-state index contributed by atoms with van der Waals surface area (Å²) in [7, 11) is 1.45. The molecular formula is C18H29NO3. The Morgan fingerprint density at radius 2 is 2.09 bits per heavy atom. The fourth-order valence-electron chi connectivity index (χ4n) is 2.86. The Labute approximate surface area is 133 Å². The van der Waals surface area contributed by atoms with Crippen molar-refractivity contribution in [3.63, 3.8) is 0 Å². The van der Waals surface area contributed by atoms with Gasteiger partial charge in [0.1, 0.15) is 0 Å². The first-order valence-corrected chi connectivity index (χ1v) is 8.25. The molecule has 4 heteroatoms. The molecule has 22 heavy (non-hydrogen) atoms. The number of unbranched alkanes of at least 4 members (excludes halogenated alkanes) is 1. The van der Waals surface area contributed by atoms with Crippen LogP contribution in [-0.4, -0.2) is 29.8 Å². The molecule has 0 spiro atoms. The van der Waals surface area contributed by atoms with Gasteiger partial charge in [0.2, 0.25) is 0 Å². The Kier molecular flexibility index (Phi) is 9.47. The van der Waals surface area contributed by atoms with Crippen molar-refractivity contribution < 1.29 is 14.6 Å². The maximum Gasteiger partial charge on any atom is 0.308 e. The number of nitrogens with zero attached hydrogens (tertiary/aromatic N) is 1. The van der Waals surface area contributed by atoms with E-state index in [2.05, 4.69) is 11.1 Å². The SMILES string of the molecule is COC(=O)[C@@H](C)C[C@H](CCCCO)CCCc1cccnc1. The lowest BCUT2D eigenvalue weighted by atomic mass is 9.87. The third-order valence-corrected chi connectivity index (χ3v) is 4.11. The second-order valence-corrected chi connectivity index (χ2v) is 6.00. The molecule has 0 aliphatic carbocycles. The molecule has 1 aromatic heterocycles. The maximum absolute atomic E-state index is 11.6. The number of esters is 1. The predicted octanol–water partition coefficient (Wildman–Crippen LogP) is 3.38. The number of hydrogen-bond donors (Lipinski definition) is 1. The van der Waals surface area contributed by atoms with Gasteiger partial charge in [-0.15, -0.1) is 0 Å². The van der Waals surface area contributed by atoms with E-state index in [0.29, 0.717) is 5.92 Å². The molecule has 2 atom stereocenters. The Hall–Kier alpha value is -1.42. The van der Waals surface area contributed by atoms with E-state index in [1.54, 1.807) is 6.20 Å². The van der Waals surface area contributed by atoms with Crippen molar-refractivity contribution in [2.45, 2.75) is 51.9 Å². The number of methoxy groups -OCH3 is 1. The van der Waals surface area contributed by atoms with Crippen molar-refractivity contribution >= 4 is 5.97 Å². The van der Waals surface area contributed by atoms with Crippen molar-refractivity contribution in [2.75, 3.05) is 13.7 Å². The summed E-state index contributed by atoms with van der Waals surface area (Å²) >= 11 is 0. The van der Waals surface area contributed by atoms with Crippen LogP contribution in [-0.2, 0) is 16.0 Å². The molecule has 0 aliphatic heterocycles. The molecule has 124 valence electrons. The van der Waals surface area contributed by atoms with Gasteiger partial charge in [-0.25, -0.2) is 0 Å². The van der Waals surface area contributed by atoms with Crippen molar-refractivity contribution in [3.05, 3.63) is 30.1 Å². The van der Waals surface area contributed by atoms with Gasteiger partial charge in [-0.3, -0.25) is 9.78 Å². The molecule has 4 nitrogen and oxygen atoms in total. The van der Waals surface area contributed by atoms with Crippen LogP contribution >= 0.6 is 0 Å². The van der Waals surface area contributed by atoms with Gasteiger partial charge in [0, 0.05) is 19.0 Å². The average molecular weight is 307 g/mol. The number of ether oxygens (including phenoxy) is 1.